The number of nitrogens with one attached hydrogen (secondary N) is 1. The molecule has 1 saturated heterocycles. The Kier molecular flexibility index (Phi) is 9.38. The Hall–Kier alpha value is -1.84. The number of benzene rings is 1. The minimum absolute atomic E-state index is 0.162. The van der Waals surface area contributed by atoms with Crippen LogP contribution in [0.3, 0.4) is 0 Å². The van der Waals surface area contributed by atoms with E-state index in [-0.39, 0.29) is 16.8 Å². The van der Waals surface area contributed by atoms with Crippen LogP contribution in [0.2, 0.25) is 0 Å². The summed E-state index contributed by atoms with van der Waals surface area (Å²) in [4.78, 5) is 14.7. The molecule has 0 atom stereocenters. The Morgan fingerprint density at radius 3 is 2.53 bits per heavy atom. The van der Waals surface area contributed by atoms with Gasteiger partial charge in [-0.15, -0.1) is 0 Å². The predicted octanol–water partition coefficient (Wildman–Crippen LogP) is 3.40. The second-order valence-corrected chi connectivity index (χ2v) is 9.76. The molecule has 1 N–H and O–H groups in total. The van der Waals surface area contributed by atoms with E-state index in [1.54, 1.807) is 24.1 Å². The van der Waals surface area contributed by atoms with Gasteiger partial charge in [0.05, 0.1) is 23.8 Å². The first kappa shape index (κ1) is 24.4. The third kappa shape index (κ3) is 6.58. The van der Waals surface area contributed by atoms with Crippen molar-refractivity contribution in [1.82, 2.24) is 9.21 Å². The van der Waals surface area contributed by atoms with Crippen molar-refractivity contribution in [2.24, 2.45) is 5.92 Å². The van der Waals surface area contributed by atoms with Gasteiger partial charge < -0.3 is 19.7 Å². The molecule has 170 valence electrons. The molecule has 9 heteroatoms. The lowest BCUT2D eigenvalue weighted by Gasteiger charge is -2.27. The van der Waals surface area contributed by atoms with Gasteiger partial charge >= 0.3 is 6.03 Å². The van der Waals surface area contributed by atoms with Crippen LogP contribution in [0, 0.1) is 5.92 Å². The number of ether oxygens (including phenoxy) is 2. The van der Waals surface area contributed by atoms with Gasteiger partial charge in [0, 0.05) is 33.3 Å². The number of urea groups is 1. The maximum absolute atomic E-state index is 13.1. The first-order valence-electron chi connectivity index (χ1n) is 10.6. The number of carbonyl (C=O) groups is 1. The summed E-state index contributed by atoms with van der Waals surface area (Å²) in [6.45, 7) is 8.78. The largest absolute Gasteiger partial charge is 0.492 e. The van der Waals surface area contributed by atoms with E-state index in [4.69, 9.17) is 9.47 Å². The lowest BCUT2D eigenvalue weighted by Crippen LogP contribution is -2.39. The molecule has 0 bridgehead atoms. The smallest absolute Gasteiger partial charge is 0.322 e. The highest BCUT2D eigenvalue weighted by molar-refractivity contribution is 7.89. The van der Waals surface area contributed by atoms with Crippen molar-refractivity contribution in [1.29, 1.82) is 0 Å². The molecule has 8 nitrogen and oxygen atoms in total. The molecule has 1 aliphatic rings. The molecular formula is C21H35N3O5S. The van der Waals surface area contributed by atoms with E-state index in [2.05, 4.69) is 5.32 Å². The maximum Gasteiger partial charge on any atom is 0.322 e. The molecule has 1 aliphatic heterocycles. The lowest BCUT2D eigenvalue weighted by atomic mass is 10.2. The van der Waals surface area contributed by atoms with E-state index >= 15 is 0 Å². The maximum atomic E-state index is 13.1. The molecule has 1 heterocycles. The minimum Gasteiger partial charge on any atom is -0.492 e. The minimum atomic E-state index is -3.61. The van der Waals surface area contributed by atoms with Gasteiger partial charge in [-0.2, -0.15) is 4.31 Å². The SMILES string of the molecule is CCOc1ccc(S(=O)(=O)N2CCCCC2)cc1NC(=O)N(CCOC)CC(C)C. The van der Waals surface area contributed by atoms with Crippen molar-refractivity contribution in [3.8, 4) is 5.75 Å². The van der Waals surface area contributed by atoms with Crippen molar-refractivity contribution in [2.45, 2.75) is 44.9 Å². The second kappa shape index (κ2) is 11.5. The zero-order valence-electron chi connectivity index (χ0n) is 18.5. The normalized spacial score (nSPS) is 15.2. The second-order valence-electron chi connectivity index (χ2n) is 7.82. The third-order valence-electron chi connectivity index (χ3n) is 4.88. The Bertz CT molecular complexity index is 792. The topological polar surface area (TPSA) is 88.2 Å². The first-order chi connectivity index (χ1) is 14.3. The Morgan fingerprint density at radius 2 is 1.93 bits per heavy atom. The van der Waals surface area contributed by atoms with Crippen LogP contribution >= 0.6 is 0 Å². The average molecular weight is 442 g/mol. The molecule has 0 aliphatic carbocycles. The molecule has 1 aromatic carbocycles. The summed E-state index contributed by atoms with van der Waals surface area (Å²) < 4.78 is 38.4. The van der Waals surface area contributed by atoms with Gasteiger partial charge in [-0.05, 0) is 43.9 Å². The van der Waals surface area contributed by atoms with E-state index in [9.17, 15) is 13.2 Å². The number of piperidine rings is 1. The number of amides is 2. The summed E-state index contributed by atoms with van der Waals surface area (Å²) in [5.74, 6) is 0.726. The lowest BCUT2D eigenvalue weighted by molar-refractivity contribution is 0.150. The van der Waals surface area contributed by atoms with Gasteiger partial charge in [-0.1, -0.05) is 20.3 Å². The number of sulfonamides is 1. The molecule has 2 amide bonds. The predicted molar refractivity (Wildman–Crippen MR) is 118 cm³/mol. The summed E-state index contributed by atoms with van der Waals surface area (Å²) in [6.07, 6.45) is 2.77. The molecule has 0 aromatic heterocycles. The summed E-state index contributed by atoms with van der Waals surface area (Å²) in [6, 6.07) is 4.34. The van der Waals surface area contributed by atoms with Crippen LogP contribution in [0.15, 0.2) is 23.1 Å². The zero-order valence-corrected chi connectivity index (χ0v) is 19.3. The van der Waals surface area contributed by atoms with Gasteiger partial charge in [-0.25, -0.2) is 13.2 Å². The highest BCUT2D eigenvalue weighted by Crippen LogP contribution is 2.30. The quantitative estimate of drug-likeness (QED) is 0.601. The van der Waals surface area contributed by atoms with Crippen molar-refractivity contribution in [3.63, 3.8) is 0 Å². The van der Waals surface area contributed by atoms with Crippen LogP contribution in [-0.4, -0.2) is 70.2 Å². The fraction of sp³-hybridized carbons (Fsp3) is 0.667. The van der Waals surface area contributed by atoms with Crippen molar-refractivity contribution in [2.75, 3.05) is 51.8 Å². The summed E-state index contributed by atoms with van der Waals surface area (Å²) >= 11 is 0. The number of nitrogens with zero attached hydrogens (tertiary/aromatic N) is 2. The van der Waals surface area contributed by atoms with Crippen LogP contribution in [0.1, 0.15) is 40.0 Å². The fourth-order valence-corrected chi connectivity index (χ4v) is 4.96. The number of hydrogen-bond acceptors (Lipinski definition) is 5. The standard InChI is InChI=1S/C21H35N3O5S/c1-5-29-20-10-9-18(30(26,27)24-11-7-6-8-12-24)15-19(20)22-21(25)23(13-14-28-4)16-17(2)3/h9-10,15,17H,5-8,11-14,16H2,1-4H3,(H,22,25). The molecule has 1 aromatic rings. The summed E-state index contributed by atoms with van der Waals surface area (Å²) in [5.41, 5.74) is 0.353. The van der Waals surface area contributed by atoms with Crippen LogP contribution < -0.4 is 10.1 Å². The Labute approximate surface area is 180 Å². The molecule has 0 saturated carbocycles. The molecule has 0 unspecified atom stereocenters. The van der Waals surface area contributed by atoms with Gasteiger partial charge in [0.2, 0.25) is 10.0 Å². The van der Waals surface area contributed by atoms with E-state index < -0.39 is 10.0 Å². The molecule has 30 heavy (non-hydrogen) atoms. The van der Waals surface area contributed by atoms with E-state index in [0.717, 1.165) is 19.3 Å². The van der Waals surface area contributed by atoms with Crippen LogP contribution in [0.25, 0.3) is 0 Å². The van der Waals surface area contributed by atoms with Gasteiger partial charge in [0.1, 0.15) is 5.75 Å². The summed E-state index contributed by atoms with van der Waals surface area (Å²) in [7, 11) is -2.02. The van der Waals surface area contributed by atoms with Crippen LogP contribution in [-0.2, 0) is 14.8 Å². The van der Waals surface area contributed by atoms with Gasteiger partial charge in [0.25, 0.3) is 0 Å². The van der Waals surface area contributed by atoms with Crippen molar-refractivity contribution in [3.05, 3.63) is 18.2 Å². The number of hydrogen-bond donors (Lipinski definition) is 1. The van der Waals surface area contributed by atoms with Gasteiger partial charge in [0.15, 0.2) is 0 Å². The molecule has 1 fully saturated rings. The van der Waals surface area contributed by atoms with Crippen molar-refractivity contribution < 1.29 is 22.7 Å². The van der Waals surface area contributed by atoms with Crippen LogP contribution in [0.4, 0.5) is 10.5 Å². The van der Waals surface area contributed by atoms with E-state index in [0.29, 0.717) is 50.8 Å². The van der Waals surface area contributed by atoms with E-state index in [1.807, 2.05) is 20.8 Å². The van der Waals surface area contributed by atoms with Gasteiger partial charge in [-0.3, -0.25) is 0 Å². The highest BCUT2D eigenvalue weighted by Gasteiger charge is 2.27. The van der Waals surface area contributed by atoms with E-state index in [1.165, 1.54) is 10.4 Å². The van der Waals surface area contributed by atoms with Crippen molar-refractivity contribution >= 4 is 21.7 Å². The Balaban J connectivity index is 2.29. The average Bonchev–Trinajstić information content (AvgIpc) is 2.72. The number of carbonyl (C=O) groups excluding carboxylic acids is 1. The first-order valence-corrected chi connectivity index (χ1v) is 12.1. The Morgan fingerprint density at radius 1 is 1.23 bits per heavy atom. The summed E-state index contributed by atoms with van der Waals surface area (Å²) in [5, 5.41) is 2.85. The number of rotatable bonds is 10. The third-order valence-corrected chi connectivity index (χ3v) is 6.78. The van der Waals surface area contributed by atoms with Crippen LogP contribution in [0.5, 0.6) is 5.75 Å². The molecule has 0 radical (unpaired) electrons. The number of methoxy groups -OCH3 is 1. The molecular weight excluding hydrogens is 406 g/mol. The fourth-order valence-electron chi connectivity index (χ4n) is 3.42. The molecule has 2 rings (SSSR count). The zero-order chi connectivity index (χ0) is 22.1. The highest BCUT2D eigenvalue weighted by atomic mass is 32.2. The monoisotopic (exact) mass is 441 g/mol. The number of anilines is 1. The molecule has 0 spiro atoms.